The fourth-order valence-corrected chi connectivity index (χ4v) is 3.90. The number of hydrogen-bond acceptors (Lipinski definition) is 4. The maximum absolute atomic E-state index is 12.3. The van der Waals surface area contributed by atoms with Gasteiger partial charge in [0.1, 0.15) is 22.0 Å². The topological polar surface area (TPSA) is 96.6 Å². The number of carboxylic acids is 1. The van der Waals surface area contributed by atoms with Gasteiger partial charge in [-0.15, -0.1) is 0 Å². The quantitative estimate of drug-likeness (QED) is 0.819. The third kappa shape index (κ3) is 2.57. The summed E-state index contributed by atoms with van der Waals surface area (Å²) in [5.41, 5.74) is -0.295. The van der Waals surface area contributed by atoms with Crippen molar-refractivity contribution in [1.29, 1.82) is 0 Å². The number of nitrogens with one attached hydrogen (secondary N) is 1. The highest BCUT2D eigenvalue weighted by molar-refractivity contribution is 7.89. The molecule has 0 aliphatic heterocycles. The van der Waals surface area contributed by atoms with Crippen LogP contribution in [0.3, 0.4) is 0 Å². The molecule has 0 saturated heterocycles. The van der Waals surface area contributed by atoms with Gasteiger partial charge in [0.15, 0.2) is 0 Å². The first-order valence-electron chi connectivity index (χ1n) is 5.83. The molecule has 19 heavy (non-hydrogen) atoms. The second-order valence-corrected chi connectivity index (χ2v) is 6.14. The molecule has 104 valence electrons. The summed E-state index contributed by atoms with van der Waals surface area (Å²) >= 11 is 0. The molecular weight excluding hydrogens is 270 g/mol. The maximum Gasteiger partial charge on any atom is 0.340 e. The van der Waals surface area contributed by atoms with Gasteiger partial charge in [-0.1, -0.05) is 12.2 Å². The highest BCUT2D eigenvalue weighted by Gasteiger charge is 2.32. The molecule has 0 saturated carbocycles. The van der Waals surface area contributed by atoms with Crippen molar-refractivity contribution in [2.24, 2.45) is 0 Å². The van der Waals surface area contributed by atoms with Gasteiger partial charge in [-0.2, -0.15) is 0 Å². The molecule has 1 aromatic rings. The van der Waals surface area contributed by atoms with Crippen molar-refractivity contribution in [3.8, 4) is 0 Å². The minimum atomic E-state index is -3.89. The van der Waals surface area contributed by atoms with Crippen LogP contribution in [0.25, 0.3) is 0 Å². The molecular formula is C12H15NO5S. The van der Waals surface area contributed by atoms with Crippen molar-refractivity contribution in [3.05, 3.63) is 29.2 Å². The third-order valence-corrected chi connectivity index (χ3v) is 4.69. The normalized spacial score (nSPS) is 16.1. The van der Waals surface area contributed by atoms with Crippen molar-refractivity contribution in [2.45, 2.75) is 37.6 Å². The van der Waals surface area contributed by atoms with E-state index in [0.29, 0.717) is 12.8 Å². The van der Waals surface area contributed by atoms with Gasteiger partial charge in [0.05, 0.1) is 0 Å². The summed E-state index contributed by atoms with van der Waals surface area (Å²) in [5, 5.41) is 9.12. The van der Waals surface area contributed by atoms with Crippen molar-refractivity contribution < 1.29 is 22.7 Å². The van der Waals surface area contributed by atoms with Crippen LogP contribution >= 0.6 is 0 Å². The van der Waals surface area contributed by atoms with Gasteiger partial charge in [0, 0.05) is 6.04 Å². The zero-order valence-electron chi connectivity index (χ0n) is 10.6. The highest BCUT2D eigenvalue weighted by Crippen LogP contribution is 2.27. The molecule has 1 aromatic heterocycles. The van der Waals surface area contributed by atoms with Gasteiger partial charge in [-0.05, 0) is 26.7 Å². The Hall–Kier alpha value is -1.60. The zero-order chi connectivity index (χ0) is 14.2. The van der Waals surface area contributed by atoms with Gasteiger partial charge in [-0.3, -0.25) is 0 Å². The number of rotatable bonds is 4. The van der Waals surface area contributed by atoms with Crippen LogP contribution in [0.4, 0.5) is 0 Å². The maximum atomic E-state index is 12.3. The zero-order valence-corrected chi connectivity index (χ0v) is 11.5. The number of carbonyl (C=O) groups is 1. The smallest absolute Gasteiger partial charge is 0.340 e. The second kappa shape index (κ2) is 4.82. The minimum Gasteiger partial charge on any atom is -0.478 e. The largest absolute Gasteiger partial charge is 0.478 e. The van der Waals surface area contributed by atoms with Crippen LogP contribution in [0.1, 0.15) is 34.7 Å². The van der Waals surface area contributed by atoms with E-state index in [2.05, 4.69) is 4.72 Å². The molecule has 1 heterocycles. The van der Waals surface area contributed by atoms with Crippen molar-refractivity contribution in [2.75, 3.05) is 0 Å². The van der Waals surface area contributed by atoms with Crippen LogP contribution in [0, 0.1) is 13.8 Å². The van der Waals surface area contributed by atoms with Crippen LogP contribution in [0.15, 0.2) is 21.5 Å². The summed E-state index contributed by atoms with van der Waals surface area (Å²) in [6, 6.07) is -0.221. The van der Waals surface area contributed by atoms with Gasteiger partial charge in [0.25, 0.3) is 0 Å². The SMILES string of the molecule is Cc1oc(C)c(S(=O)(=O)NC2CC=CC2)c1C(=O)O. The number of furan rings is 1. The predicted molar refractivity (Wildman–Crippen MR) is 67.6 cm³/mol. The van der Waals surface area contributed by atoms with E-state index in [1.165, 1.54) is 13.8 Å². The molecule has 0 atom stereocenters. The van der Waals surface area contributed by atoms with Gasteiger partial charge in [-0.25, -0.2) is 17.9 Å². The lowest BCUT2D eigenvalue weighted by Gasteiger charge is -2.12. The molecule has 0 fully saturated rings. The number of hydrogen-bond donors (Lipinski definition) is 2. The molecule has 0 aromatic carbocycles. The van der Waals surface area contributed by atoms with E-state index in [9.17, 15) is 13.2 Å². The summed E-state index contributed by atoms with van der Waals surface area (Å²) in [5.74, 6) is -1.12. The Morgan fingerprint density at radius 1 is 1.32 bits per heavy atom. The van der Waals surface area contributed by atoms with Crippen molar-refractivity contribution in [1.82, 2.24) is 4.72 Å². The first-order valence-corrected chi connectivity index (χ1v) is 7.32. The summed E-state index contributed by atoms with van der Waals surface area (Å²) in [4.78, 5) is 10.9. The van der Waals surface area contributed by atoms with E-state index in [1.54, 1.807) is 0 Å². The van der Waals surface area contributed by atoms with Crippen LogP contribution in [0.2, 0.25) is 0 Å². The molecule has 0 radical (unpaired) electrons. The molecule has 0 amide bonds. The van der Waals surface area contributed by atoms with E-state index in [4.69, 9.17) is 9.52 Å². The van der Waals surface area contributed by atoms with E-state index in [-0.39, 0.29) is 28.0 Å². The Kier molecular flexibility index (Phi) is 3.51. The number of aryl methyl sites for hydroxylation is 2. The monoisotopic (exact) mass is 285 g/mol. The average Bonchev–Trinajstić information content (AvgIpc) is 2.85. The minimum absolute atomic E-state index is 0.0911. The fraction of sp³-hybridized carbons (Fsp3) is 0.417. The van der Waals surface area contributed by atoms with Crippen molar-refractivity contribution in [3.63, 3.8) is 0 Å². The third-order valence-electron chi connectivity index (χ3n) is 3.02. The second-order valence-electron chi connectivity index (χ2n) is 4.48. The Morgan fingerprint density at radius 3 is 2.42 bits per heavy atom. The first-order chi connectivity index (χ1) is 8.83. The van der Waals surface area contributed by atoms with Crippen molar-refractivity contribution >= 4 is 16.0 Å². The van der Waals surface area contributed by atoms with Crippen LogP contribution in [-0.4, -0.2) is 25.5 Å². The number of carboxylic acid groups (broad SMARTS) is 1. The Morgan fingerprint density at radius 2 is 1.89 bits per heavy atom. The molecule has 0 spiro atoms. The highest BCUT2D eigenvalue weighted by atomic mass is 32.2. The first kappa shape index (κ1) is 13.8. The predicted octanol–water partition coefficient (Wildman–Crippen LogP) is 1.59. The van der Waals surface area contributed by atoms with Gasteiger partial charge in [0.2, 0.25) is 10.0 Å². The van der Waals surface area contributed by atoms with E-state index in [1.807, 2.05) is 12.2 Å². The van der Waals surface area contributed by atoms with Crippen LogP contribution in [0.5, 0.6) is 0 Å². The molecule has 2 rings (SSSR count). The lowest BCUT2D eigenvalue weighted by Crippen LogP contribution is -2.33. The van der Waals surface area contributed by atoms with Crippen LogP contribution < -0.4 is 4.72 Å². The standard InChI is InChI=1S/C12H15NO5S/c1-7-10(12(14)15)11(8(2)18-7)19(16,17)13-9-5-3-4-6-9/h3-4,9,13H,5-6H2,1-2H3,(H,14,15). The van der Waals surface area contributed by atoms with Gasteiger partial charge >= 0.3 is 5.97 Å². The molecule has 1 aliphatic carbocycles. The summed E-state index contributed by atoms with van der Waals surface area (Å²) < 4.78 is 32.2. The lowest BCUT2D eigenvalue weighted by molar-refractivity contribution is 0.0691. The van der Waals surface area contributed by atoms with Gasteiger partial charge < -0.3 is 9.52 Å². The van der Waals surface area contributed by atoms with E-state index < -0.39 is 16.0 Å². The molecule has 2 N–H and O–H groups in total. The van der Waals surface area contributed by atoms with E-state index >= 15 is 0 Å². The van der Waals surface area contributed by atoms with Crippen LogP contribution in [-0.2, 0) is 10.0 Å². The number of aromatic carboxylic acids is 1. The molecule has 1 aliphatic rings. The van der Waals surface area contributed by atoms with E-state index in [0.717, 1.165) is 0 Å². The fourth-order valence-electron chi connectivity index (χ4n) is 2.23. The Labute approximate surface area is 111 Å². The number of sulfonamides is 1. The summed E-state index contributed by atoms with van der Waals surface area (Å²) in [7, 11) is -3.89. The summed E-state index contributed by atoms with van der Waals surface area (Å²) in [6.45, 7) is 2.88. The Bertz CT molecular complexity index is 633. The molecule has 0 bridgehead atoms. The average molecular weight is 285 g/mol. The molecule has 6 nitrogen and oxygen atoms in total. The molecule has 0 unspecified atom stereocenters. The Balaban J connectivity index is 2.42. The summed E-state index contributed by atoms with van der Waals surface area (Å²) in [6.07, 6.45) is 4.99. The molecule has 7 heteroatoms. The lowest BCUT2D eigenvalue weighted by atomic mass is 10.2.